The number of esters is 1. The molecule has 1 aliphatic carbocycles. The standard InChI is InChI=1S/C21H27NO3/c1-5-17-16(11-12-25-20(17)13-15(2)3)14-22-19-10-8-6-7-9-18(19)21(23)24-4/h5,7-10,13,16,22H,1,6,11-12,14H2,2-4H3/t16-/m0/s1. The second-order valence-corrected chi connectivity index (χ2v) is 6.32. The van der Waals surface area contributed by atoms with Crippen molar-refractivity contribution in [2.45, 2.75) is 26.7 Å². The fourth-order valence-corrected chi connectivity index (χ4v) is 2.92. The van der Waals surface area contributed by atoms with Gasteiger partial charge in [0, 0.05) is 18.2 Å². The van der Waals surface area contributed by atoms with Crippen molar-refractivity contribution in [3.8, 4) is 0 Å². The average Bonchev–Trinajstić information content (AvgIpc) is 2.84. The van der Waals surface area contributed by atoms with Crippen molar-refractivity contribution in [3.63, 3.8) is 0 Å². The molecule has 4 heteroatoms. The molecule has 134 valence electrons. The lowest BCUT2D eigenvalue weighted by Crippen LogP contribution is -2.28. The van der Waals surface area contributed by atoms with Gasteiger partial charge < -0.3 is 14.8 Å². The van der Waals surface area contributed by atoms with Gasteiger partial charge in [0.2, 0.25) is 0 Å². The van der Waals surface area contributed by atoms with E-state index in [0.717, 1.165) is 29.9 Å². The van der Waals surface area contributed by atoms with Crippen molar-refractivity contribution in [3.05, 3.63) is 71.2 Å². The fraction of sp³-hybridized carbons (Fsp3) is 0.381. The summed E-state index contributed by atoms with van der Waals surface area (Å²) in [4.78, 5) is 12.0. The Morgan fingerprint density at radius 1 is 1.40 bits per heavy atom. The summed E-state index contributed by atoms with van der Waals surface area (Å²) in [5.74, 6) is 0.845. The third-order valence-electron chi connectivity index (χ3n) is 4.16. The predicted octanol–water partition coefficient (Wildman–Crippen LogP) is 3.96. The smallest absolute Gasteiger partial charge is 0.339 e. The van der Waals surface area contributed by atoms with Crippen molar-refractivity contribution in [1.82, 2.24) is 5.32 Å². The van der Waals surface area contributed by atoms with Crippen LogP contribution in [0.25, 0.3) is 0 Å². The number of nitrogens with one attached hydrogen (secondary N) is 1. The minimum atomic E-state index is -0.331. The summed E-state index contributed by atoms with van der Waals surface area (Å²) in [7, 11) is 1.40. The van der Waals surface area contributed by atoms with Gasteiger partial charge in [-0.3, -0.25) is 0 Å². The van der Waals surface area contributed by atoms with Crippen molar-refractivity contribution in [1.29, 1.82) is 0 Å². The van der Waals surface area contributed by atoms with E-state index in [1.54, 1.807) is 0 Å². The van der Waals surface area contributed by atoms with Gasteiger partial charge >= 0.3 is 5.97 Å². The molecule has 1 N–H and O–H groups in total. The number of carbonyl (C=O) groups is 1. The highest BCUT2D eigenvalue weighted by Crippen LogP contribution is 2.28. The number of hydrogen-bond donors (Lipinski definition) is 1. The summed E-state index contributed by atoms with van der Waals surface area (Å²) in [6.07, 6.45) is 13.4. The zero-order valence-electron chi connectivity index (χ0n) is 15.3. The summed E-state index contributed by atoms with van der Waals surface area (Å²) >= 11 is 0. The van der Waals surface area contributed by atoms with Crippen LogP contribution in [0.3, 0.4) is 0 Å². The molecular weight excluding hydrogens is 314 g/mol. The van der Waals surface area contributed by atoms with Crippen LogP contribution in [0.15, 0.2) is 71.2 Å². The lowest BCUT2D eigenvalue weighted by Gasteiger charge is -2.27. The number of methoxy groups -OCH3 is 1. The Bertz CT molecular complexity index is 673. The molecule has 1 heterocycles. The largest absolute Gasteiger partial charge is 0.493 e. The van der Waals surface area contributed by atoms with Gasteiger partial charge in [-0.1, -0.05) is 30.4 Å². The van der Waals surface area contributed by atoms with Crippen LogP contribution >= 0.6 is 0 Å². The van der Waals surface area contributed by atoms with Crippen molar-refractivity contribution >= 4 is 5.97 Å². The van der Waals surface area contributed by atoms with Gasteiger partial charge in [-0.2, -0.15) is 0 Å². The van der Waals surface area contributed by atoms with Crippen LogP contribution in [-0.4, -0.2) is 26.2 Å². The first-order chi connectivity index (χ1) is 12.1. The molecule has 0 unspecified atom stereocenters. The van der Waals surface area contributed by atoms with Crippen molar-refractivity contribution in [2.75, 3.05) is 20.3 Å². The molecule has 0 saturated heterocycles. The summed E-state index contributed by atoms with van der Waals surface area (Å²) in [5, 5.41) is 3.42. The molecule has 0 aromatic rings. The van der Waals surface area contributed by atoms with E-state index in [9.17, 15) is 4.79 Å². The van der Waals surface area contributed by atoms with E-state index in [2.05, 4.69) is 31.8 Å². The lowest BCUT2D eigenvalue weighted by molar-refractivity contribution is -0.135. The van der Waals surface area contributed by atoms with Crippen LogP contribution in [0, 0.1) is 5.92 Å². The summed E-state index contributed by atoms with van der Waals surface area (Å²) in [6.45, 7) is 9.44. The normalized spacial score (nSPS) is 19.9. The highest BCUT2D eigenvalue weighted by molar-refractivity contribution is 5.93. The number of rotatable bonds is 6. The van der Waals surface area contributed by atoms with Gasteiger partial charge in [0.25, 0.3) is 0 Å². The van der Waals surface area contributed by atoms with Crippen LogP contribution in [-0.2, 0) is 14.3 Å². The maximum absolute atomic E-state index is 12.0. The molecule has 0 amide bonds. The molecule has 0 aromatic heterocycles. The fourth-order valence-electron chi connectivity index (χ4n) is 2.92. The zero-order chi connectivity index (χ0) is 18.2. The Morgan fingerprint density at radius 2 is 2.16 bits per heavy atom. The van der Waals surface area contributed by atoms with Gasteiger partial charge in [0.15, 0.2) is 0 Å². The van der Waals surface area contributed by atoms with Crippen LogP contribution in [0.5, 0.6) is 0 Å². The molecule has 0 bridgehead atoms. The number of hydrogen-bond acceptors (Lipinski definition) is 4. The topological polar surface area (TPSA) is 47.6 Å². The number of carbonyl (C=O) groups excluding carboxylic acids is 1. The molecule has 2 aliphatic rings. The first kappa shape index (κ1) is 18.8. The lowest BCUT2D eigenvalue weighted by atomic mass is 9.92. The SMILES string of the molecule is C=CC1=C(C=C(C)C)OCC[C@H]1CNC1=C(C(=O)OC)C=CCC=C1. The van der Waals surface area contributed by atoms with E-state index in [1.807, 2.05) is 30.4 Å². The Balaban J connectivity index is 2.22. The van der Waals surface area contributed by atoms with Crippen molar-refractivity contribution < 1.29 is 14.3 Å². The molecule has 1 aliphatic heterocycles. The monoisotopic (exact) mass is 341 g/mol. The molecule has 0 aromatic carbocycles. The highest BCUT2D eigenvalue weighted by Gasteiger charge is 2.22. The van der Waals surface area contributed by atoms with E-state index >= 15 is 0 Å². The van der Waals surface area contributed by atoms with E-state index in [-0.39, 0.29) is 11.9 Å². The molecule has 0 spiro atoms. The third kappa shape index (κ3) is 4.99. The Hall–Kier alpha value is -2.49. The minimum absolute atomic E-state index is 0.281. The summed E-state index contributed by atoms with van der Waals surface area (Å²) in [6, 6.07) is 0. The average molecular weight is 341 g/mol. The minimum Gasteiger partial charge on any atom is -0.493 e. The van der Waals surface area contributed by atoms with Crippen LogP contribution in [0.2, 0.25) is 0 Å². The second-order valence-electron chi connectivity index (χ2n) is 6.32. The molecule has 25 heavy (non-hydrogen) atoms. The Kier molecular flexibility index (Phi) is 6.87. The first-order valence-corrected chi connectivity index (χ1v) is 8.60. The Labute approximate surface area is 150 Å². The number of ether oxygens (including phenoxy) is 2. The van der Waals surface area contributed by atoms with Crippen LogP contribution in [0.4, 0.5) is 0 Å². The van der Waals surface area contributed by atoms with E-state index in [1.165, 1.54) is 12.7 Å². The van der Waals surface area contributed by atoms with Gasteiger partial charge in [-0.25, -0.2) is 4.79 Å². The van der Waals surface area contributed by atoms with Gasteiger partial charge in [0.1, 0.15) is 5.76 Å². The van der Waals surface area contributed by atoms with Crippen LogP contribution in [0.1, 0.15) is 26.7 Å². The second kappa shape index (κ2) is 9.11. The third-order valence-corrected chi connectivity index (χ3v) is 4.16. The van der Waals surface area contributed by atoms with E-state index < -0.39 is 0 Å². The zero-order valence-corrected chi connectivity index (χ0v) is 15.3. The molecule has 4 nitrogen and oxygen atoms in total. The highest BCUT2D eigenvalue weighted by atomic mass is 16.5. The Morgan fingerprint density at radius 3 is 2.84 bits per heavy atom. The van der Waals surface area contributed by atoms with E-state index in [0.29, 0.717) is 18.7 Å². The molecular formula is C21H27NO3. The van der Waals surface area contributed by atoms with E-state index in [4.69, 9.17) is 9.47 Å². The quantitative estimate of drug-likeness (QED) is 0.743. The first-order valence-electron chi connectivity index (χ1n) is 8.60. The van der Waals surface area contributed by atoms with Gasteiger partial charge in [0.05, 0.1) is 19.3 Å². The molecule has 0 radical (unpaired) electrons. The molecule has 2 rings (SSSR count). The number of allylic oxidation sites excluding steroid dienone is 6. The molecule has 0 saturated carbocycles. The van der Waals surface area contributed by atoms with Crippen molar-refractivity contribution in [2.24, 2.45) is 5.92 Å². The molecule has 1 atom stereocenters. The summed E-state index contributed by atoms with van der Waals surface area (Å²) in [5.41, 5.74) is 3.64. The maximum Gasteiger partial charge on any atom is 0.339 e. The van der Waals surface area contributed by atoms with Gasteiger partial charge in [-0.05, 0) is 50.5 Å². The molecule has 0 fully saturated rings. The summed E-state index contributed by atoms with van der Waals surface area (Å²) < 4.78 is 10.7. The van der Waals surface area contributed by atoms with Gasteiger partial charge in [-0.15, -0.1) is 0 Å². The maximum atomic E-state index is 12.0. The van der Waals surface area contributed by atoms with Crippen LogP contribution < -0.4 is 5.32 Å². The predicted molar refractivity (Wildman–Crippen MR) is 101 cm³/mol.